The van der Waals surface area contributed by atoms with Gasteiger partial charge in [0.15, 0.2) is 0 Å². The van der Waals surface area contributed by atoms with Crippen LogP contribution >= 0.6 is 31.9 Å². The summed E-state index contributed by atoms with van der Waals surface area (Å²) in [5, 5.41) is 3.02. The summed E-state index contributed by atoms with van der Waals surface area (Å²) in [5.41, 5.74) is 0.682. The van der Waals surface area contributed by atoms with E-state index in [1.807, 2.05) is 18.2 Å². The fourth-order valence-electron chi connectivity index (χ4n) is 2.51. The molecule has 2 rings (SSSR count). The Hall–Kier alpha value is -0.390. The second-order valence-corrected chi connectivity index (χ2v) is 7.22. The summed E-state index contributed by atoms with van der Waals surface area (Å²) >= 11 is 6.82. The minimum absolute atomic E-state index is 0.0161. The molecule has 0 aromatic heterocycles. The van der Waals surface area contributed by atoms with Crippen molar-refractivity contribution < 1.29 is 4.79 Å². The van der Waals surface area contributed by atoms with Gasteiger partial charge < -0.3 is 10.2 Å². The van der Waals surface area contributed by atoms with Crippen LogP contribution in [0.15, 0.2) is 27.1 Å². The Morgan fingerprint density at radius 2 is 2.05 bits per heavy atom. The summed E-state index contributed by atoms with van der Waals surface area (Å²) in [6, 6.07) is 5.60. The number of hydrogen-bond acceptors (Lipinski definition) is 2. The third kappa shape index (κ3) is 4.57. The van der Waals surface area contributed by atoms with Gasteiger partial charge in [0.05, 0.1) is 5.56 Å². The number of hydrogen-bond donors (Lipinski definition) is 1. The zero-order valence-corrected chi connectivity index (χ0v) is 14.8. The van der Waals surface area contributed by atoms with Crippen molar-refractivity contribution >= 4 is 37.8 Å². The average Bonchev–Trinajstić information content (AvgIpc) is 2.89. The highest BCUT2D eigenvalue weighted by Gasteiger charge is 2.16. The minimum Gasteiger partial charge on any atom is -0.352 e. The monoisotopic (exact) mass is 402 g/mol. The van der Waals surface area contributed by atoms with Crippen molar-refractivity contribution in [2.45, 2.75) is 19.8 Å². The highest BCUT2D eigenvalue weighted by atomic mass is 79.9. The van der Waals surface area contributed by atoms with Crippen LogP contribution in [0, 0.1) is 5.92 Å². The quantitative estimate of drug-likeness (QED) is 0.813. The zero-order chi connectivity index (χ0) is 14.5. The van der Waals surface area contributed by atoms with Crippen LogP contribution in [0.3, 0.4) is 0 Å². The molecule has 1 atom stereocenters. The molecule has 1 fully saturated rings. The predicted molar refractivity (Wildman–Crippen MR) is 89.0 cm³/mol. The van der Waals surface area contributed by atoms with Crippen molar-refractivity contribution in [3.05, 3.63) is 32.7 Å². The van der Waals surface area contributed by atoms with Crippen molar-refractivity contribution in [3.63, 3.8) is 0 Å². The van der Waals surface area contributed by atoms with Crippen molar-refractivity contribution in [2.24, 2.45) is 5.92 Å². The molecule has 1 heterocycles. The summed E-state index contributed by atoms with van der Waals surface area (Å²) in [6.45, 7) is 6.39. The number of carbonyl (C=O) groups excluding carboxylic acids is 1. The Morgan fingerprint density at radius 1 is 1.35 bits per heavy atom. The lowest BCUT2D eigenvalue weighted by atomic mass is 10.1. The molecule has 0 spiro atoms. The molecule has 1 aliphatic rings. The molecule has 1 aliphatic heterocycles. The number of halogens is 2. The highest BCUT2D eigenvalue weighted by Crippen LogP contribution is 2.21. The second kappa shape index (κ2) is 7.57. The smallest absolute Gasteiger partial charge is 0.252 e. The van der Waals surface area contributed by atoms with Crippen LogP contribution in [0.1, 0.15) is 30.1 Å². The van der Waals surface area contributed by atoms with Crippen molar-refractivity contribution in [1.29, 1.82) is 0 Å². The summed E-state index contributed by atoms with van der Waals surface area (Å²) in [6.07, 6.45) is 2.62. The molecule has 1 amide bonds. The second-order valence-electron chi connectivity index (χ2n) is 5.45. The molecule has 110 valence electrons. The van der Waals surface area contributed by atoms with Gasteiger partial charge >= 0.3 is 0 Å². The third-order valence-corrected chi connectivity index (χ3v) is 4.70. The van der Waals surface area contributed by atoms with E-state index in [1.54, 1.807) is 0 Å². The molecule has 1 N–H and O–H groups in total. The van der Waals surface area contributed by atoms with Gasteiger partial charge in [0.2, 0.25) is 0 Å². The standard InChI is InChI=1S/C15H20Br2N2O/c1-11(10-19-6-2-3-7-19)9-18-15(20)13-5-4-12(16)8-14(13)17/h4-5,8,11H,2-3,6-7,9-10H2,1H3,(H,18,20). The minimum atomic E-state index is -0.0161. The first kappa shape index (κ1) is 16.0. The summed E-state index contributed by atoms with van der Waals surface area (Å²) in [5.74, 6) is 0.462. The van der Waals surface area contributed by atoms with Gasteiger partial charge in [0, 0.05) is 22.0 Å². The molecule has 1 aromatic rings. The lowest BCUT2D eigenvalue weighted by molar-refractivity contribution is 0.0944. The van der Waals surface area contributed by atoms with E-state index in [2.05, 4.69) is 49.0 Å². The van der Waals surface area contributed by atoms with Crippen molar-refractivity contribution in [1.82, 2.24) is 10.2 Å². The molecular weight excluding hydrogens is 384 g/mol. The van der Waals surface area contributed by atoms with Crippen LogP contribution < -0.4 is 5.32 Å². The molecular formula is C15H20Br2N2O. The van der Waals surface area contributed by atoms with E-state index in [4.69, 9.17) is 0 Å². The zero-order valence-electron chi connectivity index (χ0n) is 11.7. The van der Waals surface area contributed by atoms with Crippen LogP contribution in [0.4, 0.5) is 0 Å². The lowest BCUT2D eigenvalue weighted by Crippen LogP contribution is -2.34. The number of rotatable bonds is 5. The molecule has 0 aliphatic carbocycles. The van der Waals surface area contributed by atoms with Crippen LogP contribution in [-0.2, 0) is 0 Å². The molecule has 0 bridgehead atoms. The molecule has 5 heteroatoms. The number of carbonyl (C=O) groups is 1. The van der Waals surface area contributed by atoms with Crippen LogP contribution in [0.5, 0.6) is 0 Å². The van der Waals surface area contributed by atoms with E-state index in [0.29, 0.717) is 11.5 Å². The van der Waals surface area contributed by atoms with Crippen LogP contribution in [0.25, 0.3) is 0 Å². The first-order valence-electron chi connectivity index (χ1n) is 7.02. The van der Waals surface area contributed by atoms with Gasteiger partial charge in [-0.1, -0.05) is 22.9 Å². The summed E-state index contributed by atoms with van der Waals surface area (Å²) in [7, 11) is 0. The van der Waals surface area contributed by atoms with Gasteiger partial charge in [-0.2, -0.15) is 0 Å². The van der Waals surface area contributed by atoms with Gasteiger partial charge in [-0.3, -0.25) is 4.79 Å². The Bertz CT molecular complexity index is 473. The number of nitrogens with zero attached hydrogens (tertiary/aromatic N) is 1. The van der Waals surface area contributed by atoms with Crippen LogP contribution in [0.2, 0.25) is 0 Å². The molecule has 20 heavy (non-hydrogen) atoms. The first-order valence-corrected chi connectivity index (χ1v) is 8.60. The molecule has 1 unspecified atom stereocenters. The largest absolute Gasteiger partial charge is 0.352 e. The molecule has 0 radical (unpaired) electrons. The number of nitrogens with one attached hydrogen (secondary N) is 1. The highest BCUT2D eigenvalue weighted by molar-refractivity contribution is 9.11. The SMILES string of the molecule is CC(CNC(=O)c1ccc(Br)cc1Br)CN1CCCC1. The molecule has 0 saturated carbocycles. The van der Waals surface area contributed by atoms with Gasteiger partial charge in [-0.05, 0) is 66.0 Å². The maximum atomic E-state index is 12.1. The van der Waals surface area contributed by atoms with E-state index in [9.17, 15) is 4.79 Å². The number of amides is 1. The fraction of sp³-hybridized carbons (Fsp3) is 0.533. The van der Waals surface area contributed by atoms with E-state index >= 15 is 0 Å². The summed E-state index contributed by atoms with van der Waals surface area (Å²) < 4.78 is 1.78. The van der Waals surface area contributed by atoms with Crippen molar-refractivity contribution in [3.8, 4) is 0 Å². The van der Waals surface area contributed by atoms with Gasteiger partial charge in [-0.25, -0.2) is 0 Å². The number of benzene rings is 1. The Kier molecular flexibility index (Phi) is 6.05. The van der Waals surface area contributed by atoms with Gasteiger partial charge in [0.1, 0.15) is 0 Å². The Morgan fingerprint density at radius 3 is 2.70 bits per heavy atom. The fourth-order valence-corrected chi connectivity index (χ4v) is 3.73. The topological polar surface area (TPSA) is 32.3 Å². The lowest BCUT2D eigenvalue weighted by Gasteiger charge is -2.20. The van der Waals surface area contributed by atoms with E-state index < -0.39 is 0 Å². The van der Waals surface area contributed by atoms with E-state index in [0.717, 1.165) is 22.0 Å². The normalized spacial score (nSPS) is 17.1. The predicted octanol–water partition coefficient (Wildman–Crippen LogP) is 3.67. The molecule has 1 aromatic carbocycles. The maximum Gasteiger partial charge on any atom is 0.252 e. The van der Waals surface area contributed by atoms with E-state index in [1.165, 1.54) is 25.9 Å². The Balaban J connectivity index is 1.81. The first-order chi connectivity index (χ1) is 9.56. The molecule has 1 saturated heterocycles. The van der Waals surface area contributed by atoms with Gasteiger partial charge in [0.25, 0.3) is 5.91 Å². The maximum absolute atomic E-state index is 12.1. The molecule has 3 nitrogen and oxygen atoms in total. The Labute approximate surface area is 137 Å². The van der Waals surface area contributed by atoms with Gasteiger partial charge in [-0.15, -0.1) is 0 Å². The van der Waals surface area contributed by atoms with Crippen LogP contribution in [-0.4, -0.2) is 37.0 Å². The van der Waals surface area contributed by atoms with Crippen molar-refractivity contribution in [2.75, 3.05) is 26.2 Å². The summed E-state index contributed by atoms with van der Waals surface area (Å²) in [4.78, 5) is 14.6. The third-order valence-electron chi connectivity index (χ3n) is 3.56. The number of likely N-dealkylation sites (tertiary alicyclic amines) is 1. The average molecular weight is 404 g/mol. The van der Waals surface area contributed by atoms with E-state index in [-0.39, 0.29) is 5.91 Å².